The van der Waals surface area contributed by atoms with Gasteiger partial charge in [0.2, 0.25) is 5.91 Å². The Morgan fingerprint density at radius 1 is 0.966 bits per heavy atom. The quantitative estimate of drug-likeness (QED) is 0.647. The van der Waals surface area contributed by atoms with E-state index in [4.69, 9.17) is 0 Å². The van der Waals surface area contributed by atoms with Crippen molar-refractivity contribution in [2.24, 2.45) is 0 Å². The number of fused-ring (bicyclic) bond motifs is 1. The molecule has 0 saturated heterocycles. The highest BCUT2D eigenvalue weighted by atomic mass is 19.4. The van der Waals surface area contributed by atoms with Gasteiger partial charge in [-0.2, -0.15) is 13.2 Å². The number of aromatic nitrogens is 1. The molecule has 1 atom stereocenters. The van der Waals surface area contributed by atoms with Gasteiger partial charge >= 0.3 is 6.18 Å². The third-order valence-electron chi connectivity index (χ3n) is 4.93. The fourth-order valence-electron chi connectivity index (χ4n) is 3.52. The summed E-state index contributed by atoms with van der Waals surface area (Å²) in [5.41, 5.74) is 0.965. The maximum Gasteiger partial charge on any atom is 0.391 e. The number of nitrogens with zero attached hydrogens (tertiary/aromatic N) is 1. The molecule has 1 heterocycles. The van der Waals surface area contributed by atoms with Crippen molar-refractivity contribution in [2.75, 3.05) is 0 Å². The Hall–Kier alpha value is -3.02. The van der Waals surface area contributed by atoms with Crippen molar-refractivity contribution in [3.05, 3.63) is 70.9 Å². The van der Waals surface area contributed by atoms with Gasteiger partial charge in [-0.1, -0.05) is 67.8 Å². The number of carbonyl (C=O) groups excluding carboxylic acids is 1. The number of alkyl halides is 3. The van der Waals surface area contributed by atoms with Crippen molar-refractivity contribution in [2.45, 2.75) is 38.0 Å². The lowest BCUT2D eigenvalue weighted by Gasteiger charge is -2.21. The Morgan fingerprint density at radius 2 is 1.52 bits per heavy atom. The van der Waals surface area contributed by atoms with E-state index >= 15 is 0 Å². The van der Waals surface area contributed by atoms with Crippen LogP contribution in [-0.4, -0.2) is 22.7 Å². The molecule has 2 aromatic carbocycles. The van der Waals surface area contributed by atoms with Crippen molar-refractivity contribution in [1.82, 2.24) is 9.88 Å². The summed E-state index contributed by atoms with van der Waals surface area (Å²) in [5, 5.41) is 5.44. The van der Waals surface area contributed by atoms with E-state index in [-0.39, 0.29) is 13.0 Å². The van der Waals surface area contributed by atoms with Gasteiger partial charge in [0.05, 0.1) is 12.5 Å². The summed E-state index contributed by atoms with van der Waals surface area (Å²) >= 11 is 0. The molecule has 1 amide bonds. The molecule has 3 nitrogen and oxygen atoms in total. The molecule has 0 aliphatic heterocycles. The van der Waals surface area contributed by atoms with Crippen LogP contribution >= 0.6 is 0 Å². The van der Waals surface area contributed by atoms with Crippen LogP contribution in [-0.2, 0) is 17.8 Å². The lowest BCUT2D eigenvalue weighted by molar-refractivity contribution is -0.143. The van der Waals surface area contributed by atoms with Crippen LogP contribution in [0.1, 0.15) is 18.4 Å². The fraction of sp³-hybridized carbons (Fsp3) is 0.261. The van der Waals surface area contributed by atoms with Gasteiger partial charge in [-0.3, -0.25) is 4.79 Å². The van der Waals surface area contributed by atoms with E-state index in [0.29, 0.717) is 17.1 Å². The molecule has 0 spiro atoms. The molecular weight excluding hydrogens is 377 g/mol. The minimum atomic E-state index is -4.40. The van der Waals surface area contributed by atoms with E-state index in [0.717, 1.165) is 16.3 Å². The van der Waals surface area contributed by atoms with Crippen molar-refractivity contribution in [3.63, 3.8) is 0 Å². The van der Waals surface area contributed by atoms with Crippen LogP contribution < -0.4 is 16.0 Å². The first-order valence-electron chi connectivity index (χ1n) is 9.40. The smallest absolute Gasteiger partial charge is 0.351 e. The highest BCUT2D eigenvalue weighted by Gasteiger charge is 2.33. The van der Waals surface area contributed by atoms with E-state index < -0.39 is 24.5 Å². The largest absolute Gasteiger partial charge is 0.391 e. The standard InChI is InChI=1S/C23H23F3N2O/c1-16-20-10-6-7-11-21(20)17(2)28(16)15-19(14-23(24,25)26)27-22(29)13-12-18-8-4-3-5-9-18/h3-11,19H,1-2,12-15H2,(H,27,29). The number of benzene rings is 2. The summed E-state index contributed by atoms with van der Waals surface area (Å²) in [4.78, 5) is 12.3. The molecule has 6 heteroatoms. The summed E-state index contributed by atoms with van der Waals surface area (Å²) in [6.45, 7) is 7.97. The van der Waals surface area contributed by atoms with Gasteiger partial charge < -0.3 is 9.88 Å². The maximum absolute atomic E-state index is 13.1. The average Bonchev–Trinajstić information content (AvgIpc) is 2.91. The molecule has 0 aliphatic carbocycles. The molecule has 1 N–H and O–H groups in total. The van der Waals surface area contributed by atoms with Crippen LogP contribution in [0.15, 0.2) is 54.6 Å². The van der Waals surface area contributed by atoms with Crippen molar-refractivity contribution >= 4 is 29.8 Å². The SMILES string of the molecule is C=c1c2ccccc2c(=C)n1CC(CC(F)(F)F)NC(=O)CCc1ccccc1. The highest BCUT2D eigenvalue weighted by molar-refractivity contribution is 5.83. The van der Waals surface area contributed by atoms with Crippen LogP contribution in [0.3, 0.4) is 0 Å². The van der Waals surface area contributed by atoms with Gasteiger partial charge in [0.25, 0.3) is 0 Å². The zero-order valence-electron chi connectivity index (χ0n) is 16.0. The fourth-order valence-corrected chi connectivity index (χ4v) is 3.52. The summed E-state index contributed by atoms with van der Waals surface area (Å²) in [7, 11) is 0. The predicted octanol–water partition coefficient (Wildman–Crippen LogP) is 3.53. The molecule has 0 aliphatic rings. The Labute approximate surface area is 167 Å². The van der Waals surface area contributed by atoms with E-state index in [1.165, 1.54) is 0 Å². The molecule has 3 rings (SSSR count). The van der Waals surface area contributed by atoms with Crippen molar-refractivity contribution < 1.29 is 18.0 Å². The molecule has 1 unspecified atom stereocenters. The molecule has 0 saturated carbocycles. The molecule has 29 heavy (non-hydrogen) atoms. The highest BCUT2D eigenvalue weighted by Crippen LogP contribution is 2.22. The number of hydrogen-bond donors (Lipinski definition) is 1. The average molecular weight is 400 g/mol. The van der Waals surface area contributed by atoms with Gasteiger partial charge in [-0.05, 0) is 12.0 Å². The van der Waals surface area contributed by atoms with Crippen LogP contribution in [0, 0.1) is 0 Å². The van der Waals surface area contributed by atoms with Crippen molar-refractivity contribution in [1.29, 1.82) is 0 Å². The maximum atomic E-state index is 13.1. The number of carbonyl (C=O) groups is 1. The third-order valence-corrected chi connectivity index (χ3v) is 4.93. The zero-order valence-corrected chi connectivity index (χ0v) is 16.0. The molecule has 1 aromatic heterocycles. The Kier molecular flexibility index (Phi) is 6.11. The Bertz CT molecular complexity index is 1040. The monoisotopic (exact) mass is 400 g/mol. The Balaban J connectivity index is 1.76. The summed E-state index contributed by atoms with van der Waals surface area (Å²) in [5.74, 6) is -0.406. The number of aryl methyl sites for hydroxylation is 1. The third kappa shape index (κ3) is 5.28. The first kappa shape index (κ1) is 20.7. The first-order chi connectivity index (χ1) is 13.7. The topological polar surface area (TPSA) is 34.0 Å². The second kappa shape index (κ2) is 8.55. The number of halogens is 3. The van der Waals surface area contributed by atoms with Gasteiger partial charge in [-0.25, -0.2) is 0 Å². The molecule has 3 aromatic rings. The lowest BCUT2D eigenvalue weighted by Crippen LogP contribution is -2.44. The number of nitrogens with one attached hydrogen (secondary N) is 1. The molecule has 0 fully saturated rings. The van der Waals surface area contributed by atoms with Gasteiger partial charge in [0.1, 0.15) is 0 Å². The van der Waals surface area contributed by atoms with Crippen LogP contribution in [0.5, 0.6) is 0 Å². The molecule has 0 bridgehead atoms. The van der Waals surface area contributed by atoms with Gasteiger partial charge in [0, 0.05) is 34.4 Å². The summed E-state index contributed by atoms with van der Waals surface area (Å²) in [6.07, 6.45) is -4.91. The first-order valence-corrected chi connectivity index (χ1v) is 9.40. The van der Waals surface area contributed by atoms with Gasteiger partial charge in [-0.15, -0.1) is 0 Å². The number of rotatable bonds is 7. The molecule has 0 radical (unpaired) electrons. The summed E-state index contributed by atoms with van der Waals surface area (Å²) < 4.78 is 41.0. The van der Waals surface area contributed by atoms with Gasteiger partial charge in [0.15, 0.2) is 0 Å². The lowest BCUT2D eigenvalue weighted by atomic mass is 10.1. The van der Waals surface area contributed by atoms with E-state index in [9.17, 15) is 18.0 Å². The summed E-state index contributed by atoms with van der Waals surface area (Å²) in [6, 6.07) is 15.7. The number of hydrogen-bond acceptors (Lipinski definition) is 1. The predicted molar refractivity (Wildman–Crippen MR) is 110 cm³/mol. The Morgan fingerprint density at radius 3 is 2.07 bits per heavy atom. The normalized spacial score (nSPS) is 12.8. The van der Waals surface area contributed by atoms with Crippen LogP contribution in [0.25, 0.3) is 23.9 Å². The van der Waals surface area contributed by atoms with Crippen molar-refractivity contribution in [3.8, 4) is 0 Å². The second-order valence-electron chi connectivity index (χ2n) is 7.12. The van der Waals surface area contributed by atoms with E-state index in [1.54, 1.807) is 4.57 Å². The van der Waals surface area contributed by atoms with E-state index in [2.05, 4.69) is 18.5 Å². The molecule has 152 valence electrons. The van der Waals surface area contributed by atoms with Crippen LogP contribution in [0.2, 0.25) is 0 Å². The second-order valence-corrected chi connectivity index (χ2v) is 7.12. The minimum absolute atomic E-state index is 0.0388. The molecular formula is C23H23F3N2O. The number of amides is 1. The zero-order chi connectivity index (χ0) is 21.0. The van der Waals surface area contributed by atoms with Crippen LogP contribution in [0.4, 0.5) is 13.2 Å². The van der Waals surface area contributed by atoms with E-state index in [1.807, 2.05) is 54.6 Å². The minimum Gasteiger partial charge on any atom is -0.351 e.